The lowest BCUT2D eigenvalue weighted by molar-refractivity contribution is 0.179. The predicted molar refractivity (Wildman–Crippen MR) is 93.1 cm³/mol. The number of methoxy groups -OCH3 is 1. The van der Waals surface area contributed by atoms with Crippen molar-refractivity contribution in [3.8, 4) is 0 Å². The molecular weight excluding hydrogens is 323 g/mol. The number of carbonyl (C=O) groups excluding carboxylic acids is 1. The summed E-state index contributed by atoms with van der Waals surface area (Å²) in [5.41, 5.74) is 0.205. The summed E-state index contributed by atoms with van der Waals surface area (Å²) < 4.78 is 20.9. The minimum absolute atomic E-state index is 0.173. The molecule has 7 heteroatoms. The van der Waals surface area contributed by atoms with Crippen molar-refractivity contribution in [3.63, 3.8) is 0 Å². The summed E-state index contributed by atoms with van der Waals surface area (Å²) in [4.78, 5) is 18.7. The zero-order chi connectivity index (χ0) is 17.6. The van der Waals surface area contributed by atoms with E-state index in [1.54, 1.807) is 36.4 Å². The van der Waals surface area contributed by atoms with Crippen LogP contribution in [-0.4, -0.2) is 47.3 Å². The van der Waals surface area contributed by atoms with Gasteiger partial charge in [0, 0.05) is 45.1 Å². The Bertz CT molecular complexity index is 719. The number of likely N-dealkylation sites (tertiary alicyclic amines) is 1. The van der Waals surface area contributed by atoms with E-state index in [2.05, 4.69) is 14.9 Å². The molecule has 0 aliphatic carbocycles. The summed E-state index contributed by atoms with van der Waals surface area (Å²) in [5.74, 6) is 0.715. The van der Waals surface area contributed by atoms with Gasteiger partial charge in [0.15, 0.2) is 0 Å². The first kappa shape index (κ1) is 17.4. The van der Waals surface area contributed by atoms with Crippen LogP contribution in [0.5, 0.6) is 0 Å². The Morgan fingerprint density at radius 3 is 3.08 bits per heavy atom. The molecular formula is C18H23FN4O2. The number of imidazole rings is 1. The molecule has 1 aromatic heterocycles. The van der Waals surface area contributed by atoms with Gasteiger partial charge in [-0.25, -0.2) is 14.2 Å². The van der Waals surface area contributed by atoms with Crippen LogP contribution in [-0.2, 0) is 11.3 Å². The molecule has 1 unspecified atom stereocenters. The first-order chi connectivity index (χ1) is 12.2. The molecule has 0 saturated carbocycles. The largest absolute Gasteiger partial charge is 0.383 e. The second kappa shape index (κ2) is 8.11. The number of urea groups is 1. The molecule has 6 nitrogen and oxygen atoms in total. The molecule has 1 aliphatic rings. The van der Waals surface area contributed by atoms with E-state index in [4.69, 9.17) is 4.74 Å². The summed E-state index contributed by atoms with van der Waals surface area (Å²) in [6, 6.07) is 5.92. The third kappa shape index (κ3) is 4.17. The van der Waals surface area contributed by atoms with Crippen LogP contribution in [0.1, 0.15) is 24.6 Å². The zero-order valence-electron chi connectivity index (χ0n) is 14.3. The molecule has 25 heavy (non-hydrogen) atoms. The van der Waals surface area contributed by atoms with Crippen molar-refractivity contribution in [1.29, 1.82) is 0 Å². The van der Waals surface area contributed by atoms with Crippen LogP contribution in [0.2, 0.25) is 0 Å². The van der Waals surface area contributed by atoms with Crippen LogP contribution in [0.15, 0.2) is 36.7 Å². The third-order valence-electron chi connectivity index (χ3n) is 4.47. The summed E-state index contributed by atoms with van der Waals surface area (Å²) >= 11 is 0. The maximum atomic E-state index is 13.7. The lowest BCUT2D eigenvalue weighted by Gasteiger charge is -2.32. The summed E-state index contributed by atoms with van der Waals surface area (Å²) in [7, 11) is 1.67. The molecule has 2 amide bonds. The van der Waals surface area contributed by atoms with Crippen molar-refractivity contribution in [2.24, 2.45) is 0 Å². The molecule has 134 valence electrons. The molecule has 2 heterocycles. The van der Waals surface area contributed by atoms with Crippen LogP contribution in [0, 0.1) is 5.82 Å². The average molecular weight is 346 g/mol. The number of carbonyl (C=O) groups is 1. The Morgan fingerprint density at radius 1 is 1.44 bits per heavy atom. The van der Waals surface area contributed by atoms with E-state index in [9.17, 15) is 9.18 Å². The van der Waals surface area contributed by atoms with Gasteiger partial charge in [-0.05, 0) is 25.0 Å². The van der Waals surface area contributed by atoms with Gasteiger partial charge in [0.25, 0.3) is 0 Å². The normalized spacial score (nSPS) is 17.5. The Hall–Kier alpha value is -2.41. The number of amides is 2. The number of nitrogens with zero attached hydrogens (tertiary/aromatic N) is 3. The zero-order valence-corrected chi connectivity index (χ0v) is 14.3. The van der Waals surface area contributed by atoms with Gasteiger partial charge in [-0.1, -0.05) is 12.1 Å². The molecule has 0 radical (unpaired) electrons. The Balaban J connectivity index is 1.66. The first-order valence-corrected chi connectivity index (χ1v) is 8.49. The van der Waals surface area contributed by atoms with Crippen LogP contribution < -0.4 is 5.32 Å². The van der Waals surface area contributed by atoms with Crippen molar-refractivity contribution in [3.05, 3.63) is 48.3 Å². The second-order valence-corrected chi connectivity index (χ2v) is 6.17. The van der Waals surface area contributed by atoms with Gasteiger partial charge in [-0.2, -0.15) is 0 Å². The molecule has 1 atom stereocenters. The number of para-hydroxylation sites is 1. The highest BCUT2D eigenvalue weighted by Crippen LogP contribution is 2.26. The molecule has 0 spiro atoms. The molecule has 1 N–H and O–H groups in total. The summed E-state index contributed by atoms with van der Waals surface area (Å²) in [6.45, 7) is 2.59. The fraction of sp³-hybridized carbons (Fsp3) is 0.444. The van der Waals surface area contributed by atoms with E-state index in [1.807, 2.05) is 6.20 Å². The molecule has 0 bridgehead atoms. The van der Waals surface area contributed by atoms with E-state index >= 15 is 0 Å². The highest BCUT2D eigenvalue weighted by atomic mass is 19.1. The van der Waals surface area contributed by atoms with E-state index in [-0.39, 0.29) is 17.6 Å². The molecule has 3 rings (SSSR count). The van der Waals surface area contributed by atoms with Gasteiger partial charge in [0.1, 0.15) is 11.6 Å². The van der Waals surface area contributed by atoms with Gasteiger partial charge < -0.3 is 19.5 Å². The number of benzene rings is 1. The number of hydrogen-bond donors (Lipinski definition) is 1. The van der Waals surface area contributed by atoms with Crippen molar-refractivity contribution >= 4 is 11.7 Å². The Kier molecular flexibility index (Phi) is 5.65. The third-order valence-corrected chi connectivity index (χ3v) is 4.47. The number of aromatic nitrogens is 2. The molecule has 1 aromatic carbocycles. The van der Waals surface area contributed by atoms with Gasteiger partial charge in [-0.15, -0.1) is 0 Å². The quantitative estimate of drug-likeness (QED) is 0.905. The van der Waals surface area contributed by atoms with Crippen LogP contribution in [0.4, 0.5) is 14.9 Å². The van der Waals surface area contributed by atoms with Crippen LogP contribution in [0.25, 0.3) is 0 Å². The highest BCUT2D eigenvalue weighted by Gasteiger charge is 2.27. The van der Waals surface area contributed by atoms with Crippen molar-refractivity contribution in [2.45, 2.75) is 25.3 Å². The minimum atomic E-state index is -0.431. The van der Waals surface area contributed by atoms with E-state index < -0.39 is 5.82 Å². The van der Waals surface area contributed by atoms with Crippen molar-refractivity contribution < 1.29 is 13.9 Å². The number of nitrogens with one attached hydrogen (secondary N) is 1. The molecule has 1 aliphatic heterocycles. The van der Waals surface area contributed by atoms with Crippen molar-refractivity contribution in [2.75, 3.05) is 32.1 Å². The van der Waals surface area contributed by atoms with Gasteiger partial charge in [-0.3, -0.25) is 0 Å². The van der Waals surface area contributed by atoms with Gasteiger partial charge in [0.05, 0.1) is 12.3 Å². The van der Waals surface area contributed by atoms with E-state index in [1.165, 1.54) is 6.07 Å². The molecule has 1 saturated heterocycles. The predicted octanol–water partition coefficient (Wildman–Crippen LogP) is 3.08. The lowest BCUT2D eigenvalue weighted by Crippen LogP contribution is -2.42. The molecule has 1 fully saturated rings. The van der Waals surface area contributed by atoms with E-state index in [0.717, 1.165) is 25.2 Å². The second-order valence-electron chi connectivity index (χ2n) is 6.17. The number of halogens is 1. The maximum Gasteiger partial charge on any atom is 0.321 e. The number of ether oxygens (including phenoxy) is 1. The number of hydrogen-bond acceptors (Lipinski definition) is 3. The van der Waals surface area contributed by atoms with Crippen LogP contribution in [0.3, 0.4) is 0 Å². The number of piperidine rings is 1. The fourth-order valence-electron chi connectivity index (χ4n) is 3.19. The topological polar surface area (TPSA) is 59.4 Å². The van der Waals surface area contributed by atoms with Crippen LogP contribution >= 0.6 is 0 Å². The Labute approximate surface area is 146 Å². The van der Waals surface area contributed by atoms with Gasteiger partial charge >= 0.3 is 6.03 Å². The highest BCUT2D eigenvalue weighted by molar-refractivity contribution is 5.89. The monoisotopic (exact) mass is 346 g/mol. The standard InChI is InChI=1S/C18H23FN4O2/c1-25-12-11-22-10-8-20-17(22)14-5-4-9-23(13-14)18(24)21-16-7-3-2-6-15(16)19/h2-3,6-8,10,14H,4-5,9,11-13H2,1H3,(H,21,24). The first-order valence-electron chi connectivity index (χ1n) is 8.49. The number of rotatable bonds is 5. The molecule has 2 aromatic rings. The average Bonchev–Trinajstić information content (AvgIpc) is 3.10. The summed E-state index contributed by atoms with van der Waals surface area (Å²) in [6.07, 6.45) is 5.59. The maximum absolute atomic E-state index is 13.7. The van der Waals surface area contributed by atoms with E-state index in [0.29, 0.717) is 19.7 Å². The van der Waals surface area contributed by atoms with Crippen molar-refractivity contribution in [1.82, 2.24) is 14.5 Å². The summed E-state index contributed by atoms with van der Waals surface area (Å²) in [5, 5.41) is 2.66. The van der Waals surface area contributed by atoms with Gasteiger partial charge in [0.2, 0.25) is 0 Å². The SMILES string of the molecule is COCCn1ccnc1C1CCCN(C(=O)Nc2ccccc2F)C1. The number of anilines is 1. The minimum Gasteiger partial charge on any atom is -0.383 e. The smallest absolute Gasteiger partial charge is 0.321 e. The Morgan fingerprint density at radius 2 is 2.28 bits per heavy atom. The fourth-order valence-corrected chi connectivity index (χ4v) is 3.19. The lowest BCUT2D eigenvalue weighted by atomic mass is 9.97.